The maximum atomic E-state index is 12.4. The van der Waals surface area contributed by atoms with Crippen LogP contribution in [0.15, 0.2) is 17.2 Å². The molecule has 1 heterocycles. The van der Waals surface area contributed by atoms with Gasteiger partial charge in [0.15, 0.2) is 0 Å². The van der Waals surface area contributed by atoms with E-state index in [-0.39, 0.29) is 12.1 Å². The number of nitrogens with one attached hydrogen (secondary N) is 2. The van der Waals surface area contributed by atoms with Gasteiger partial charge in [-0.25, -0.2) is 13.1 Å². The van der Waals surface area contributed by atoms with Crippen LogP contribution in [-0.2, 0) is 16.6 Å². The van der Waals surface area contributed by atoms with Crippen molar-refractivity contribution in [2.24, 2.45) is 5.92 Å². The van der Waals surface area contributed by atoms with Crippen LogP contribution in [0, 0.1) is 5.92 Å². The van der Waals surface area contributed by atoms with Crippen LogP contribution < -0.4 is 10.0 Å². The van der Waals surface area contributed by atoms with Gasteiger partial charge in [0, 0.05) is 36.6 Å². The molecule has 1 aliphatic carbocycles. The zero-order valence-corrected chi connectivity index (χ0v) is 14.4. The van der Waals surface area contributed by atoms with Crippen LogP contribution in [0.3, 0.4) is 0 Å². The number of rotatable bonds is 7. The van der Waals surface area contributed by atoms with Gasteiger partial charge >= 0.3 is 0 Å². The van der Waals surface area contributed by atoms with Crippen molar-refractivity contribution in [2.45, 2.75) is 70.6 Å². The third-order valence-electron chi connectivity index (χ3n) is 3.88. The van der Waals surface area contributed by atoms with E-state index >= 15 is 0 Å². The number of sulfonamides is 1. The summed E-state index contributed by atoms with van der Waals surface area (Å²) in [7, 11) is -3.40. The Kier molecular flexibility index (Phi) is 4.80. The summed E-state index contributed by atoms with van der Waals surface area (Å²) in [5.41, 5.74) is 1.00. The molecule has 2 N–H and O–H groups in total. The fourth-order valence-electron chi connectivity index (χ4n) is 2.33. The Bertz CT molecular complexity index is 590. The smallest absolute Gasteiger partial charge is 0.242 e. The first-order valence-electron chi connectivity index (χ1n) is 7.67. The Morgan fingerprint density at radius 3 is 2.43 bits per heavy atom. The Hall–Kier alpha value is -0.850. The van der Waals surface area contributed by atoms with Gasteiger partial charge in [0.25, 0.3) is 0 Å². The molecule has 0 spiro atoms. The van der Waals surface area contributed by atoms with E-state index in [9.17, 15) is 8.42 Å². The first-order chi connectivity index (χ1) is 9.70. The van der Waals surface area contributed by atoms with E-state index in [0.29, 0.717) is 23.4 Å². The third-order valence-corrected chi connectivity index (χ3v) is 5.34. The lowest BCUT2D eigenvalue weighted by molar-refractivity contribution is 0.525. The van der Waals surface area contributed by atoms with Crippen molar-refractivity contribution in [3.63, 3.8) is 0 Å². The van der Waals surface area contributed by atoms with Crippen molar-refractivity contribution in [2.75, 3.05) is 0 Å². The van der Waals surface area contributed by atoms with Gasteiger partial charge in [0.05, 0.1) is 4.90 Å². The highest BCUT2D eigenvalue weighted by Crippen LogP contribution is 2.31. The maximum Gasteiger partial charge on any atom is 0.242 e. The molecule has 2 unspecified atom stereocenters. The van der Waals surface area contributed by atoms with Gasteiger partial charge in [0.2, 0.25) is 10.0 Å². The lowest BCUT2D eigenvalue weighted by Crippen LogP contribution is -2.26. The molecular formula is C15H27N3O2S. The average molecular weight is 313 g/mol. The van der Waals surface area contributed by atoms with Gasteiger partial charge in [-0.15, -0.1) is 0 Å². The topological polar surface area (TPSA) is 63.1 Å². The molecule has 0 aromatic carbocycles. The zero-order chi connectivity index (χ0) is 15.8. The number of hydrogen-bond acceptors (Lipinski definition) is 3. The quantitative estimate of drug-likeness (QED) is 0.811. The molecule has 0 amide bonds. The van der Waals surface area contributed by atoms with Gasteiger partial charge in [0.1, 0.15) is 0 Å². The third kappa shape index (κ3) is 4.08. The minimum absolute atomic E-state index is 0.106. The van der Waals surface area contributed by atoms with Crippen LogP contribution >= 0.6 is 0 Å². The number of aromatic nitrogens is 1. The summed E-state index contributed by atoms with van der Waals surface area (Å²) in [4.78, 5) is 0.371. The van der Waals surface area contributed by atoms with Gasteiger partial charge in [-0.1, -0.05) is 20.8 Å². The minimum Gasteiger partial charge on any atom is -0.346 e. The molecule has 2 atom stereocenters. The molecule has 6 heteroatoms. The molecule has 1 aromatic heterocycles. The van der Waals surface area contributed by atoms with Crippen molar-refractivity contribution in [3.05, 3.63) is 18.0 Å². The second-order valence-electron chi connectivity index (χ2n) is 6.64. The Labute approximate surface area is 128 Å². The molecule has 1 aliphatic rings. The summed E-state index contributed by atoms with van der Waals surface area (Å²) in [5, 5.41) is 3.35. The standard InChI is InChI=1S/C15H27N3O2S/c1-10(2)16-8-13-7-14(9-18(13)11(3)4)21(19,20)17-15-6-12(15)5/h7,9-12,15-17H,6,8H2,1-5H3. The average Bonchev–Trinajstić information content (AvgIpc) is 2.90. The molecule has 21 heavy (non-hydrogen) atoms. The Morgan fingerprint density at radius 2 is 1.95 bits per heavy atom. The van der Waals surface area contributed by atoms with Crippen LogP contribution in [0.5, 0.6) is 0 Å². The zero-order valence-electron chi connectivity index (χ0n) is 13.6. The van der Waals surface area contributed by atoms with E-state index in [1.54, 1.807) is 12.3 Å². The summed E-state index contributed by atoms with van der Waals surface area (Å²) < 4.78 is 29.6. The normalized spacial score (nSPS) is 22.2. The maximum absolute atomic E-state index is 12.4. The number of hydrogen-bond donors (Lipinski definition) is 2. The predicted octanol–water partition coefficient (Wildman–Crippen LogP) is 2.25. The van der Waals surface area contributed by atoms with Crippen LogP contribution in [0.4, 0.5) is 0 Å². The molecule has 0 aliphatic heterocycles. The molecule has 120 valence electrons. The Balaban J connectivity index is 2.21. The van der Waals surface area contributed by atoms with E-state index < -0.39 is 10.0 Å². The summed E-state index contributed by atoms with van der Waals surface area (Å²) in [6.07, 6.45) is 2.68. The van der Waals surface area contributed by atoms with Crippen LogP contribution in [0.1, 0.15) is 52.8 Å². The van der Waals surface area contributed by atoms with Gasteiger partial charge in [-0.2, -0.15) is 0 Å². The van der Waals surface area contributed by atoms with E-state index in [4.69, 9.17) is 0 Å². The van der Waals surface area contributed by atoms with Crippen molar-refractivity contribution in [1.82, 2.24) is 14.6 Å². The number of nitrogens with zero attached hydrogens (tertiary/aromatic N) is 1. The van der Waals surface area contributed by atoms with Gasteiger partial charge in [-0.05, 0) is 32.3 Å². The van der Waals surface area contributed by atoms with E-state index in [0.717, 1.165) is 12.1 Å². The van der Waals surface area contributed by atoms with Crippen molar-refractivity contribution < 1.29 is 8.42 Å². The molecule has 1 saturated carbocycles. The van der Waals surface area contributed by atoms with Crippen molar-refractivity contribution >= 4 is 10.0 Å². The lowest BCUT2D eigenvalue weighted by atomic mass is 10.3. The van der Waals surface area contributed by atoms with Gasteiger partial charge < -0.3 is 9.88 Å². The second-order valence-corrected chi connectivity index (χ2v) is 8.36. The highest BCUT2D eigenvalue weighted by Gasteiger charge is 2.36. The first kappa shape index (κ1) is 16.5. The van der Waals surface area contributed by atoms with Gasteiger partial charge in [-0.3, -0.25) is 0 Å². The second kappa shape index (κ2) is 6.10. The predicted molar refractivity (Wildman–Crippen MR) is 84.7 cm³/mol. The molecule has 1 aromatic rings. The summed E-state index contributed by atoms with van der Waals surface area (Å²) >= 11 is 0. The summed E-state index contributed by atoms with van der Waals surface area (Å²) in [5.74, 6) is 0.453. The largest absolute Gasteiger partial charge is 0.346 e. The minimum atomic E-state index is -3.40. The molecule has 0 bridgehead atoms. The van der Waals surface area contributed by atoms with Crippen LogP contribution in [-0.4, -0.2) is 25.1 Å². The fourth-order valence-corrected chi connectivity index (χ4v) is 3.73. The molecule has 2 rings (SSSR count). The fraction of sp³-hybridized carbons (Fsp3) is 0.733. The molecule has 1 fully saturated rings. The van der Waals surface area contributed by atoms with Crippen molar-refractivity contribution in [1.29, 1.82) is 0 Å². The Morgan fingerprint density at radius 1 is 1.33 bits per heavy atom. The molecular weight excluding hydrogens is 286 g/mol. The molecule has 5 nitrogen and oxygen atoms in total. The van der Waals surface area contributed by atoms with Crippen LogP contribution in [0.2, 0.25) is 0 Å². The summed E-state index contributed by atoms with van der Waals surface area (Å²) in [6.45, 7) is 11.0. The lowest BCUT2D eigenvalue weighted by Gasteiger charge is -2.14. The highest BCUT2D eigenvalue weighted by atomic mass is 32.2. The molecule has 0 radical (unpaired) electrons. The van der Waals surface area contributed by atoms with E-state index in [2.05, 4.69) is 44.7 Å². The van der Waals surface area contributed by atoms with Crippen molar-refractivity contribution in [3.8, 4) is 0 Å². The monoisotopic (exact) mass is 313 g/mol. The summed E-state index contributed by atoms with van der Waals surface area (Å²) in [6, 6.07) is 2.49. The van der Waals surface area contributed by atoms with Crippen LogP contribution in [0.25, 0.3) is 0 Å². The SMILES string of the molecule is CC(C)NCc1cc(S(=O)(=O)NC2CC2C)cn1C(C)C. The highest BCUT2D eigenvalue weighted by molar-refractivity contribution is 7.89. The van der Waals surface area contributed by atoms with E-state index in [1.807, 2.05) is 4.57 Å². The molecule has 0 saturated heterocycles. The van der Waals surface area contributed by atoms with E-state index in [1.165, 1.54) is 0 Å². The first-order valence-corrected chi connectivity index (χ1v) is 9.15.